The molecule has 1 amide bonds. The highest BCUT2D eigenvalue weighted by Gasteiger charge is 2.22. The molecule has 0 saturated carbocycles. The van der Waals surface area contributed by atoms with Crippen molar-refractivity contribution in [1.82, 2.24) is 4.57 Å². The number of nitrogens with zero attached hydrogens (tertiary/aromatic N) is 2. The fraction of sp³-hybridized carbons (Fsp3) is 0.312. The number of hydrogen-bond acceptors (Lipinski definition) is 7. The van der Waals surface area contributed by atoms with Gasteiger partial charge in [0.05, 0.1) is 23.3 Å². The third-order valence-electron chi connectivity index (χ3n) is 3.61. The van der Waals surface area contributed by atoms with E-state index in [-0.39, 0.29) is 17.9 Å². The fourth-order valence-corrected chi connectivity index (χ4v) is 3.30. The molecule has 138 valence electrons. The molecule has 2 heterocycles. The summed E-state index contributed by atoms with van der Waals surface area (Å²) in [4.78, 5) is 47.2. The number of anilines is 1. The molecule has 0 aliphatic carbocycles. The Kier molecular flexibility index (Phi) is 5.88. The summed E-state index contributed by atoms with van der Waals surface area (Å²) in [5, 5.41) is 13.7. The van der Waals surface area contributed by atoms with Crippen LogP contribution >= 0.6 is 11.3 Å². The van der Waals surface area contributed by atoms with Gasteiger partial charge in [0.1, 0.15) is 11.5 Å². The number of hydrogen-bond donors (Lipinski definition) is 1. The molecular weight excluding hydrogens is 362 g/mol. The zero-order valence-electron chi connectivity index (χ0n) is 14.4. The second-order valence-corrected chi connectivity index (χ2v) is 6.59. The Bertz CT molecular complexity index is 931. The lowest BCUT2D eigenvalue weighted by molar-refractivity contribution is -0.385. The molecule has 0 aromatic carbocycles. The monoisotopic (exact) mass is 379 g/mol. The minimum atomic E-state index is -0.654. The van der Waals surface area contributed by atoms with Crippen molar-refractivity contribution < 1.29 is 19.2 Å². The van der Waals surface area contributed by atoms with Crippen molar-refractivity contribution in [3.8, 4) is 0 Å². The van der Waals surface area contributed by atoms with Gasteiger partial charge in [0.2, 0.25) is 5.91 Å². The van der Waals surface area contributed by atoms with Gasteiger partial charge in [-0.2, -0.15) is 0 Å². The number of ether oxygens (including phenoxy) is 1. The van der Waals surface area contributed by atoms with Crippen molar-refractivity contribution in [3.05, 3.63) is 54.8 Å². The van der Waals surface area contributed by atoms with Gasteiger partial charge in [-0.1, -0.05) is 0 Å². The summed E-state index contributed by atoms with van der Waals surface area (Å²) in [5.41, 5.74) is 0.132. The van der Waals surface area contributed by atoms with E-state index in [0.29, 0.717) is 10.6 Å². The molecule has 1 N–H and O–H groups in total. The molecule has 0 bridgehead atoms. The number of nitrogens with one attached hydrogen (secondary N) is 1. The second kappa shape index (κ2) is 7.91. The average Bonchev–Trinajstić information content (AvgIpc) is 2.83. The van der Waals surface area contributed by atoms with Crippen molar-refractivity contribution in [3.63, 3.8) is 0 Å². The van der Waals surface area contributed by atoms with E-state index >= 15 is 0 Å². The van der Waals surface area contributed by atoms with Crippen LogP contribution in [-0.4, -0.2) is 28.0 Å². The van der Waals surface area contributed by atoms with Gasteiger partial charge in [0.25, 0.3) is 11.2 Å². The van der Waals surface area contributed by atoms with Crippen LogP contribution in [0.15, 0.2) is 23.1 Å². The van der Waals surface area contributed by atoms with E-state index in [4.69, 9.17) is 4.74 Å². The molecule has 0 unspecified atom stereocenters. The van der Waals surface area contributed by atoms with Crippen LogP contribution in [0.5, 0.6) is 0 Å². The van der Waals surface area contributed by atoms with Crippen LogP contribution in [0.2, 0.25) is 0 Å². The highest BCUT2D eigenvalue weighted by molar-refractivity contribution is 7.16. The maximum absolute atomic E-state index is 12.3. The van der Waals surface area contributed by atoms with Crippen molar-refractivity contribution in [2.45, 2.75) is 27.3 Å². The van der Waals surface area contributed by atoms with Crippen molar-refractivity contribution >= 4 is 33.9 Å². The van der Waals surface area contributed by atoms with Crippen LogP contribution in [0, 0.1) is 24.0 Å². The van der Waals surface area contributed by atoms with Gasteiger partial charge in [-0.05, 0) is 26.3 Å². The van der Waals surface area contributed by atoms with Crippen LogP contribution in [0.25, 0.3) is 0 Å². The summed E-state index contributed by atoms with van der Waals surface area (Å²) >= 11 is 1.22. The smallest absolute Gasteiger partial charge is 0.341 e. The minimum absolute atomic E-state index is 0.198. The number of aryl methyl sites for hydroxylation is 1. The molecule has 0 spiro atoms. The third kappa shape index (κ3) is 4.14. The molecule has 0 saturated heterocycles. The maximum atomic E-state index is 12.3. The summed E-state index contributed by atoms with van der Waals surface area (Å²) in [6.07, 6.45) is 0.999. The van der Waals surface area contributed by atoms with Crippen molar-refractivity contribution in [2.24, 2.45) is 0 Å². The van der Waals surface area contributed by atoms with Crippen molar-refractivity contribution in [1.29, 1.82) is 0 Å². The van der Waals surface area contributed by atoms with E-state index in [1.54, 1.807) is 13.8 Å². The summed E-state index contributed by atoms with van der Waals surface area (Å²) in [6, 6.07) is 2.09. The molecule has 2 aromatic heterocycles. The van der Waals surface area contributed by atoms with Gasteiger partial charge in [-0.3, -0.25) is 24.3 Å². The molecule has 0 aliphatic rings. The van der Waals surface area contributed by atoms with Gasteiger partial charge < -0.3 is 10.1 Å². The standard InChI is InChI=1S/C16H17N3O6S/c1-4-25-16(22)14-9(2)10(3)26-15(14)17-12(20)8-18-7-11(19(23)24)5-6-13(18)21/h5-7H,4,8H2,1-3H3,(H,17,20). The summed E-state index contributed by atoms with van der Waals surface area (Å²) in [7, 11) is 0. The number of pyridine rings is 1. The first kappa shape index (κ1) is 19.3. The molecule has 0 atom stereocenters. The Morgan fingerprint density at radius 3 is 2.65 bits per heavy atom. The first-order valence-corrected chi connectivity index (χ1v) is 8.48. The van der Waals surface area contributed by atoms with Crippen LogP contribution in [0.4, 0.5) is 10.7 Å². The number of thiophene rings is 1. The number of amides is 1. The van der Waals surface area contributed by atoms with E-state index in [9.17, 15) is 24.5 Å². The number of esters is 1. The summed E-state index contributed by atoms with van der Waals surface area (Å²) in [6.45, 7) is 5.02. The lowest BCUT2D eigenvalue weighted by Gasteiger charge is -2.08. The van der Waals surface area contributed by atoms with Gasteiger partial charge >= 0.3 is 5.97 Å². The van der Waals surface area contributed by atoms with Crippen molar-refractivity contribution in [2.75, 3.05) is 11.9 Å². The predicted octanol–water partition coefficient (Wildman–Crippen LogP) is 2.25. The lowest BCUT2D eigenvalue weighted by atomic mass is 10.1. The normalized spacial score (nSPS) is 10.4. The largest absolute Gasteiger partial charge is 0.462 e. The molecule has 2 rings (SSSR count). The Morgan fingerprint density at radius 1 is 1.35 bits per heavy atom. The van der Waals surface area contributed by atoms with E-state index in [0.717, 1.165) is 27.8 Å². The summed E-state index contributed by atoms with van der Waals surface area (Å²) < 4.78 is 5.95. The average molecular weight is 379 g/mol. The number of carbonyl (C=O) groups excluding carboxylic acids is 2. The highest BCUT2D eigenvalue weighted by atomic mass is 32.1. The molecule has 26 heavy (non-hydrogen) atoms. The quantitative estimate of drug-likeness (QED) is 0.467. The zero-order chi connectivity index (χ0) is 19.4. The summed E-state index contributed by atoms with van der Waals surface area (Å²) in [5.74, 6) is -1.13. The Hall–Kier alpha value is -3.01. The minimum Gasteiger partial charge on any atom is -0.462 e. The molecule has 9 nitrogen and oxygen atoms in total. The van der Waals surface area contributed by atoms with E-state index < -0.39 is 28.9 Å². The SMILES string of the molecule is CCOC(=O)c1c(NC(=O)Cn2cc([N+](=O)[O-])ccc2=O)sc(C)c1C. The van der Waals surface area contributed by atoms with E-state index in [1.807, 2.05) is 6.92 Å². The first-order valence-electron chi connectivity index (χ1n) is 7.66. The molecule has 0 radical (unpaired) electrons. The highest BCUT2D eigenvalue weighted by Crippen LogP contribution is 2.33. The molecule has 0 aliphatic heterocycles. The van der Waals surface area contributed by atoms with Crippen LogP contribution in [-0.2, 0) is 16.1 Å². The van der Waals surface area contributed by atoms with Gasteiger partial charge in [-0.15, -0.1) is 11.3 Å². The fourth-order valence-electron chi connectivity index (χ4n) is 2.24. The van der Waals surface area contributed by atoms with E-state index in [2.05, 4.69) is 5.32 Å². The van der Waals surface area contributed by atoms with Gasteiger partial charge in [-0.25, -0.2) is 4.79 Å². The predicted molar refractivity (Wildman–Crippen MR) is 95.7 cm³/mol. The molecular formula is C16H17N3O6S. The molecule has 2 aromatic rings. The first-order chi connectivity index (χ1) is 12.2. The maximum Gasteiger partial charge on any atom is 0.341 e. The molecule has 0 fully saturated rings. The second-order valence-electron chi connectivity index (χ2n) is 5.37. The number of rotatable bonds is 6. The number of nitro groups is 1. The van der Waals surface area contributed by atoms with Gasteiger partial charge in [0.15, 0.2) is 0 Å². The molecule has 10 heteroatoms. The van der Waals surface area contributed by atoms with Gasteiger partial charge in [0, 0.05) is 17.0 Å². The Balaban J connectivity index is 2.25. The third-order valence-corrected chi connectivity index (χ3v) is 4.73. The number of aromatic nitrogens is 1. The Morgan fingerprint density at radius 2 is 2.04 bits per heavy atom. The number of carbonyl (C=O) groups is 2. The Labute approximate surface area is 152 Å². The van der Waals surface area contributed by atoms with E-state index in [1.165, 1.54) is 11.3 Å². The zero-order valence-corrected chi connectivity index (χ0v) is 15.2. The van der Waals surface area contributed by atoms with Crippen LogP contribution in [0.3, 0.4) is 0 Å². The lowest BCUT2D eigenvalue weighted by Crippen LogP contribution is -2.27. The van der Waals surface area contributed by atoms with Crippen LogP contribution in [0.1, 0.15) is 27.7 Å². The van der Waals surface area contributed by atoms with Crippen LogP contribution < -0.4 is 10.9 Å². The topological polar surface area (TPSA) is 121 Å².